The Hall–Kier alpha value is -1.10. The second kappa shape index (κ2) is 4.82. The van der Waals surface area contributed by atoms with Crippen molar-refractivity contribution in [3.05, 3.63) is 22.1 Å². The van der Waals surface area contributed by atoms with E-state index in [2.05, 4.69) is 20.4 Å². The Balaban J connectivity index is 2.73. The molecule has 16 heavy (non-hydrogen) atoms. The number of aromatic nitrogens is 2. The number of aryl methyl sites for hydroxylation is 1. The third-order valence-electron chi connectivity index (χ3n) is 1.77. The van der Waals surface area contributed by atoms with Crippen molar-refractivity contribution in [1.82, 2.24) is 9.55 Å². The molecular formula is C6H9N3O5S2. The molecule has 10 heteroatoms. The van der Waals surface area contributed by atoms with Crippen molar-refractivity contribution >= 4 is 26.1 Å². The van der Waals surface area contributed by atoms with E-state index >= 15 is 0 Å². The van der Waals surface area contributed by atoms with Gasteiger partial charge in [0.1, 0.15) is 19.3 Å². The second-order valence-electron chi connectivity index (χ2n) is 2.82. The van der Waals surface area contributed by atoms with Gasteiger partial charge in [-0.15, -0.1) is 0 Å². The van der Waals surface area contributed by atoms with Crippen LogP contribution in [0.25, 0.3) is 0 Å². The van der Waals surface area contributed by atoms with Crippen LogP contribution >= 0.6 is 0 Å². The summed E-state index contributed by atoms with van der Waals surface area (Å²) >= 11 is 4.10. The highest BCUT2D eigenvalue weighted by molar-refractivity contribution is 8.27. The molecule has 1 rings (SSSR count). The quantitative estimate of drug-likeness (QED) is 0.601. The predicted molar refractivity (Wildman–Crippen MR) is 57.7 cm³/mol. The lowest BCUT2D eigenvalue weighted by atomic mass is 10.6. The number of imidazole rings is 1. The van der Waals surface area contributed by atoms with Crippen molar-refractivity contribution in [3.8, 4) is 0 Å². The molecule has 0 aliphatic carbocycles. The highest BCUT2D eigenvalue weighted by atomic mass is 32.9. The van der Waals surface area contributed by atoms with Gasteiger partial charge >= 0.3 is 5.82 Å². The molecule has 0 aliphatic rings. The van der Waals surface area contributed by atoms with Crippen molar-refractivity contribution < 1.29 is 17.9 Å². The lowest BCUT2D eigenvalue weighted by Gasteiger charge is -2.03. The maximum atomic E-state index is 10.6. The molecule has 1 heterocycles. The molecule has 90 valence electrons. The molecule has 1 aromatic heterocycles. The summed E-state index contributed by atoms with van der Waals surface area (Å²) in [5, 5.41) is 10.6. The molecule has 1 N–H and O–H groups in total. The molecule has 0 amide bonds. The topological polar surface area (TPSA) is 107 Å². The van der Waals surface area contributed by atoms with Gasteiger partial charge in [-0.05, 0) is 4.92 Å². The third-order valence-corrected chi connectivity index (χ3v) is 2.52. The Morgan fingerprint density at radius 3 is 2.94 bits per heavy atom. The summed E-state index contributed by atoms with van der Waals surface area (Å²) in [4.78, 5) is 13.7. The van der Waals surface area contributed by atoms with E-state index in [9.17, 15) is 14.3 Å². The van der Waals surface area contributed by atoms with E-state index < -0.39 is 14.0 Å². The van der Waals surface area contributed by atoms with Crippen LogP contribution in [0, 0.1) is 17.0 Å². The van der Waals surface area contributed by atoms with Crippen LogP contribution in [0.1, 0.15) is 5.82 Å². The van der Waals surface area contributed by atoms with E-state index in [4.69, 9.17) is 4.55 Å². The SMILES string of the molecule is Cc1ncc([N+](=O)[O-])n1CCOS(=O)(O)=S. The first kappa shape index (κ1) is 13.0. The van der Waals surface area contributed by atoms with E-state index in [1.165, 1.54) is 4.57 Å². The van der Waals surface area contributed by atoms with Gasteiger partial charge in [0.25, 0.3) is 9.05 Å². The average molecular weight is 267 g/mol. The van der Waals surface area contributed by atoms with E-state index in [1.807, 2.05) is 0 Å². The van der Waals surface area contributed by atoms with Gasteiger partial charge < -0.3 is 10.1 Å². The lowest BCUT2D eigenvalue weighted by molar-refractivity contribution is -0.392. The molecule has 0 aromatic carbocycles. The summed E-state index contributed by atoms with van der Waals surface area (Å²) in [5.74, 6) is 0.221. The summed E-state index contributed by atoms with van der Waals surface area (Å²) < 4.78 is 24.9. The normalized spacial score (nSPS) is 14.6. The van der Waals surface area contributed by atoms with Gasteiger partial charge in [-0.3, -0.25) is 8.74 Å². The maximum absolute atomic E-state index is 10.6. The first-order valence-corrected chi connectivity index (χ1v) is 6.46. The van der Waals surface area contributed by atoms with Crippen molar-refractivity contribution in [2.45, 2.75) is 13.5 Å². The van der Waals surface area contributed by atoms with Gasteiger partial charge in [0.2, 0.25) is 0 Å². The largest absolute Gasteiger partial charge is 0.358 e. The van der Waals surface area contributed by atoms with Crippen molar-refractivity contribution in [1.29, 1.82) is 0 Å². The van der Waals surface area contributed by atoms with Crippen LogP contribution < -0.4 is 0 Å². The first-order valence-electron chi connectivity index (χ1n) is 4.09. The summed E-state index contributed by atoms with van der Waals surface area (Å²) in [6, 6.07) is 0. The van der Waals surface area contributed by atoms with E-state index in [0.29, 0.717) is 5.82 Å². The highest BCUT2D eigenvalue weighted by Gasteiger charge is 2.17. The minimum Gasteiger partial charge on any atom is -0.358 e. The van der Waals surface area contributed by atoms with E-state index in [-0.39, 0.29) is 19.0 Å². The summed E-state index contributed by atoms with van der Waals surface area (Å²) in [6.45, 7) is 1.42. The highest BCUT2D eigenvalue weighted by Crippen LogP contribution is 2.13. The molecular weight excluding hydrogens is 258 g/mol. The Morgan fingerprint density at radius 2 is 2.44 bits per heavy atom. The minimum absolute atomic E-state index is 0.0380. The van der Waals surface area contributed by atoms with E-state index in [0.717, 1.165) is 6.20 Å². The fourth-order valence-corrected chi connectivity index (χ4v) is 1.60. The fraction of sp³-hybridized carbons (Fsp3) is 0.500. The molecule has 1 unspecified atom stereocenters. The molecule has 0 spiro atoms. The molecule has 0 saturated heterocycles. The van der Waals surface area contributed by atoms with Crippen LogP contribution in [0.15, 0.2) is 6.20 Å². The molecule has 1 atom stereocenters. The summed E-state index contributed by atoms with van der Waals surface area (Å²) in [7, 11) is -3.69. The zero-order chi connectivity index (χ0) is 12.3. The maximum Gasteiger partial charge on any atom is 0.342 e. The van der Waals surface area contributed by atoms with Gasteiger partial charge in [-0.1, -0.05) is 0 Å². The van der Waals surface area contributed by atoms with Crippen LogP contribution in [0.5, 0.6) is 0 Å². The second-order valence-corrected chi connectivity index (χ2v) is 5.18. The fourth-order valence-electron chi connectivity index (χ4n) is 1.11. The Labute approximate surface area is 96.1 Å². The monoisotopic (exact) mass is 267 g/mol. The smallest absolute Gasteiger partial charge is 0.342 e. The Kier molecular flexibility index (Phi) is 3.91. The van der Waals surface area contributed by atoms with Crippen molar-refractivity contribution in [2.24, 2.45) is 0 Å². The molecule has 1 aromatic rings. The van der Waals surface area contributed by atoms with Gasteiger partial charge in [-0.2, -0.15) is 4.21 Å². The molecule has 0 radical (unpaired) electrons. The van der Waals surface area contributed by atoms with Gasteiger partial charge in [-0.25, -0.2) is 9.55 Å². The summed E-state index contributed by atoms with van der Waals surface area (Å²) in [5.41, 5.74) is 0. The lowest BCUT2D eigenvalue weighted by Crippen LogP contribution is -2.12. The number of rotatable bonds is 5. The molecule has 0 fully saturated rings. The predicted octanol–water partition coefficient (Wildman–Crippen LogP) is 0.251. The molecule has 0 saturated carbocycles. The Bertz CT molecular complexity index is 494. The Morgan fingerprint density at radius 1 is 1.81 bits per heavy atom. The zero-order valence-electron chi connectivity index (χ0n) is 8.23. The van der Waals surface area contributed by atoms with Gasteiger partial charge in [0, 0.05) is 18.1 Å². The van der Waals surface area contributed by atoms with Crippen molar-refractivity contribution in [2.75, 3.05) is 6.61 Å². The standard InChI is InChI=1S/C6H9N3O5S2/c1-5-7-4-6(9(10)11)8(5)2-3-14-16(12,13)15/h4H,2-3H2,1H3,(H,12,13,15). The molecule has 8 nitrogen and oxygen atoms in total. The summed E-state index contributed by atoms with van der Waals surface area (Å²) in [6.07, 6.45) is 1.11. The van der Waals surface area contributed by atoms with Crippen LogP contribution in [0.4, 0.5) is 5.82 Å². The van der Waals surface area contributed by atoms with Crippen molar-refractivity contribution in [3.63, 3.8) is 0 Å². The number of hydrogen-bond acceptors (Lipinski definition) is 6. The number of nitro groups is 1. The van der Waals surface area contributed by atoms with Gasteiger partial charge in [0.15, 0.2) is 5.82 Å². The van der Waals surface area contributed by atoms with Gasteiger partial charge in [0.05, 0.1) is 0 Å². The van der Waals surface area contributed by atoms with E-state index in [1.54, 1.807) is 6.92 Å². The molecule has 0 aliphatic heterocycles. The zero-order valence-corrected chi connectivity index (χ0v) is 9.86. The number of hydrogen-bond donors (Lipinski definition) is 1. The molecule has 0 bridgehead atoms. The van der Waals surface area contributed by atoms with Crippen LogP contribution in [0.2, 0.25) is 0 Å². The van der Waals surface area contributed by atoms with Crippen LogP contribution in [0.3, 0.4) is 0 Å². The first-order chi connectivity index (χ1) is 7.31. The number of nitrogens with zero attached hydrogens (tertiary/aromatic N) is 3. The van der Waals surface area contributed by atoms with Crippen LogP contribution in [-0.4, -0.2) is 29.8 Å². The van der Waals surface area contributed by atoms with Crippen LogP contribution in [-0.2, 0) is 31.0 Å². The average Bonchev–Trinajstić information content (AvgIpc) is 2.46. The minimum atomic E-state index is -3.69. The third kappa shape index (κ3) is 3.48.